The van der Waals surface area contributed by atoms with E-state index in [2.05, 4.69) is 26.6 Å². The van der Waals surface area contributed by atoms with Gasteiger partial charge in [0.15, 0.2) is 0 Å². The Morgan fingerprint density at radius 1 is 1.39 bits per heavy atom. The fraction of sp³-hybridized carbons (Fsp3) is 0.333. The third-order valence-corrected chi connectivity index (χ3v) is 3.64. The van der Waals surface area contributed by atoms with Gasteiger partial charge in [0.25, 0.3) is 0 Å². The van der Waals surface area contributed by atoms with Crippen molar-refractivity contribution in [2.24, 2.45) is 0 Å². The Kier molecular flexibility index (Phi) is 2.83. The van der Waals surface area contributed by atoms with Gasteiger partial charge in [0.1, 0.15) is 12.1 Å². The number of ether oxygens (including phenoxy) is 1. The number of esters is 1. The molecule has 1 amide bonds. The SMILES string of the molecule is O=C1OCCC1NC1C(=O)Nc2cc(Br)ccc21. The molecule has 5 nitrogen and oxygen atoms in total. The van der Waals surface area contributed by atoms with Crippen molar-refractivity contribution in [2.75, 3.05) is 11.9 Å². The molecule has 18 heavy (non-hydrogen) atoms. The lowest BCUT2D eigenvalue weighted by Crippen LogP contribution is -2.39. The molecule has 2 aliphatic heterocycles. The van der Waals surface area contributed by atoms with Crippen LogP contribution in [-0.4, -0.2) is 24.5 Å². The Hall–Kier alpha value is -1.40. The predicted octanol–water partition coefficient (Wildman–Crippen LogP) is 1.35. The first kappa shape index (κ1) is 11.7. The molecular formula is C12H11BrN2O3. The Morgan fingerprint density at radius 2 is 2.22 bits per heavy atom. The van der Waals surface area contributed by atoms with Crippen LogP contribution in [0.2, 0.25) is 0 Å². The molecule has 1 aromatic carbocycles. The van der Waals surface area contributed by atoms with E-state index in [0.29, 0.717) is 13.0 Å². The molecule has 2 heterocycles. The van der Waals surface area contributed by atoms with Crippen molar-refractivity contribution < 1.29 is 14.3 Å². The summed E-state index contributed by atoms with van der Waals surface area (Å²) in [6, 6.07) is 4.72. The second-order valence-corrected chi connectivity index (χ2v) is 5.24. The highest BCUT2D eigenvalue weighted by Crippen LogP contribution is 2.33. The van der Waals surface area contributed by atoms with Gasteiger partial charge in [0, 0.05) is 22.1 Å². The van der Waals surface area contributed by atoms with E-state index >= 15 is 0 Å². The Labute approximate surface area is 112 Å². The average molecular weight is 311 g/mol. The summed E-state index contributed by atoms with van der Waals surface area (Å²) in [5, 5.41) is 5.84. The number of halogens is 1. The molecule has 0 saturated carbocycles. The van der Waals surface area contributed by atoms with Crippen LogP contribution in [0.3, 0.4) is 0 Å². The van der Waals surface area contributed by atoms with E-state index in [1.54, 1.807) is 0 Å². The largest absolute Gasteiger partial charge is 0.464 e. The topological polar surface area (TPSA) is 67.4 Å². The summed E-state index contributed by atoms with van der Waals surface area (Å²) in [4.78, 5) is 23.3. The zero-order valence-electron chi connectivity index (χ0n) is 9.40. The van der Waals surface area contributed by atoms with E-state index in [1.807, 2.05) is 18.2 Å². The Bertz CT molecular complexity index is 532. The highest BCUT2D eigenvalue weighted by atomic mass is 79.9. The minimum atomic E-state index is -0.483. The minimum absolute atomic E-state index is 0.136. The van der Waals surface area contributed by atoms with Crippen molar-refractivity contribution in [3.8, 4) is 0 Å². The number of carbonyl (C=O) groups excluding carboxylic acids is 2. The van der Waals surface area contributed by atoms with Crippen molar-refractivity contribution >= 4 is 33.5 Å². The quantitative estimate of drug-likeness (QED) is 0.809. The van der Waals surface area contributed by atoms with Gasteiger partial charge in [0.2, 0.25) is 5.91 Å². The van der Waals surface area contributed by atoms with Gasteiger partial charge in [-0.1, -0.05) is 22.0 Å². The van der Waals surface area contributed by atoms with Crippen LogP contribution in [0.25, 0.3) is 0 Å². The molecular weight excluding hydrogens is 300 g/mol. The lowest BCUT2D eigenvalue weighted by atomic mass is 10.1. The summed E-state index contributed by atoms with van der Waals surface area (Å²) in [5.74, 6) is -0.420. The van der Waals surface area contributed by atoms with Gasteiger partial charge < -0.3 is 10.1 Å². The number of rotatable bonds is 2. The van der Waals surface area contributed by atoms with E-state index in [1.165, 1.54) is 0 Å². The second-order valence-electron chi connectivity index (χ2n) is 4.33. The van der Waals surface area contributed by atoms with Crippen LogP contribution in [0.15, 0.2) is 22.7 Å². The Balaban J connectivity index is 1.85. The van der Waals surface area contributed by atoms with Gasteiger partial charge in [-0.3, -0.25) is 14.9 Å². The van der Waals surface area contributed by atoms with Crippen LogP contribution in [0, 0.1) is 0 Å². The number of amides is 1. The molecule has 0 spiro atoms. The number of benzene rings is 1. The predicted molar refractivity (Wildman–Crippen MR) is 68.0 cm³/mol. The first-order valence-electron chi connectivity index (χ1n) is 5.68. The second kappa shape index (κ2) is 4.37. The van der Waals surface area contributed by atoms with Crippen LogP contribution in [0.1, 0.15) is 18.0 Å². The summed E-state index contributed by atoms with van der Waals surface area (Å²) in [6.07, 6.45) is 0.606. The van der Waals surface area contributed by atoms with E-state index < -0.39 is 12.1 Å². The van der Waals surface area contributed by atoms with E-state index in [4.69, 9.17) is 4.74 Å². The van der Waals surface area contributed by atoms with Crippen LogP contribution >= 0.6 is 15.9 Å². The number of cyclic esters (lactones) is 1. The molecule has 0 bridgehead atoms. The summed E-state index contributed by atoms with van der Waals surface area (Å²) < 4.78 is 5.78. The van der Waals surface area contributed by atoms with E-state index in [-0.39, 0.29) is 11.9 Å². The molecule has 0 aromatic heterocycles. The average Bonchev–Trinajstić information content (AvgIpc) is 2.85. The molecule has 6 heteroatoms. The van der Waals surface area contributed by atoms with Gasteiger partial charge in [-0.2, -0.15) is 0 Å². The molecule has 2 N–H and O–H groups in total. The van der Waals surface area contributed by atoms with Crippen LogP contribution < -0.4 is 10.6 Å². The van der Waals surface area contributed by atoms with Crippen LogP contribution in [0.4, 0.5) is 5.69 Å². The number of hydrogen-bond donors (Lipinski definition) is 2. The maximum absolute atomic E-state index is 11.9. The van der Waals surface area contributed by atoms with E-state index in [9.17, 15) is 9.59 Å². The zero-order chi connectivity index (χ0) is 12.7. The normalized spacial score (nSPS) is 25.8. The molecule has 94 valence electrons. The molecule has 1 fully saturated rings. The highest BCUT2D eigenvalue weighted by Gasteiger charge is 2.36. The number of carbonyl (C=O) groups is 2. The van der Waals surface area contributed by atoms with Gasteiger partial charge in [-0.05, 0) is 12.1 Å². The van der Waals surface area contributed by atoms with Crippen LogP contribution in [-0.2, 0) is 14.3 Å². The van der Waals surface area contributed by atoms with Crippen molar-refractivity contribution in [3.63, 3.8) is 0 Å². The number of hydrogen-bond acceptors (Lipinski definition) is 4. The lowest BCUT2D eigenvalue weighted by Gasteiger charge is -2.14. The molecule has 1 aromatic rings. The van der Waals surface area contributed by atoms with Crippen molar-refractivity contribution in [1.82, 2.24) is 5.32 Å². The number of anilines is 1. The standard InChI is InChI=1S/C12H11BrN2O3/c13-6-1-2-7-9(5-6)15-11(16)10(7)14-8-3-4-18-12(8)17/h1-2,5,8,10,14H,3-4H2,(H,15,16). The van der Waals surface area contributed by atoms with Gasteiger partial charge in [-0.25, -0.2) is 0 Å². The van der Waals surface area contributed by atoms with Crippen molar-refractivity contribution in [1.29, 1.82) is 0 Å². The maximum atomic E-state index is 11.9. The summed E-state index contributed by atoms with van der Waals surface area (Å²) in [7, 11) is 0. The Morgan fingerprint density at radius 3 is 2.94 bits per heavy atom. The summed E-state index contributed by atoms with van der Waals surface area (Å²) >= 11 is 3.36. The molecule has 0 aliphatic carbocycles. The maximum Gasteiger partial charge on any atom is 0.323 e. The first-order valence-corrected chi connectivity index (χ1v) is 6.47. The molecule has 0 radical (unpaired) electrons. The third-order valence-electron chi connectivity index (χ3n) is 3.15. The number of fused-ring (bicyclic) bond motifs is 1. The lowest BCUT2D eigenvalue weighted by molar-refractivity contribution is -0.139. The highest BCUT2D eigenvalue weighted by molar-refractivity contribution is 9.10. The number of nitrogens with one attached hydrogen (secondary N) is 2. The summed E-state index contributed by atoms with van der Waals surface area (Å²) in [6.45, 7) is 0.415. The smallest absolute Gasteiger partial charge is 0.323 e. The fourth-order valence-corrected chi connectivity index (χ4v) is 2.61. The first-order chi connectivity index (χ1) is 8.65. The van der Waals surface area contributed by atoms with E-state index in [0.717, 1.165) is 15.7 Å². The van der Waals surface area contributed by atoms with Crippen LogP contribution in [0.5, 0.6) is 0 Å². The summed E-state index contributed by atoms with van der Waals surface area (Å²) in [5.41, 5.74) is 1.64. The zero-order valence-corrected chi connectivity index (χ0v) is 11.0. The molecule has 3 rings (SSSR count). The van der Waals surface area contributed by atoms with Gasteiger partial charge in [-0.15, -0.1) is 0 Å². The van der Waals surface area contributed by atoms with Crippen molar-refractivity contribution in [3.05, 3.63) is 28.2 Å². The molecule has 2 aliphatic rings. The monoisotopic (exact) mass is 310 g/mol. The molecule has 1 saturated heterocycles. The molecule has 2 atom stereocenters. The minimum Gasteiger partial charge on any atom is -0.464 e. The molecule has 2 unspecified atom stereocenters. The van der Waals surface area contributed by atoms with Gasteiger partial charge >= 0.3 is 5.97 Å². The van der Waals surface area contributed by atoms with Crippen molar-refractivity contribution in [2.45, 2.75) is 18.5 Å². The van der Waals surface area contributed by atoms with Gasteiger partial charge in [0.05, 0.1) is 6.61 Å². The fourth-order valence-electron chi connectivity index (χ4n) is 2.25. The third kappa shape index (κ3) is 1.91.